The lowest BCUT2D eigenvalue weighted by Crippen LogP contribution is -2.28. The summed E-state index contributed by atoms with van der Waals surface area (Å²) in [5.41, 5.74) is 1.15. The lowest BCUT2D eigenvalue weighted by Gasteiger charge is -2.30. The zero-order valence-corrected chi connectivity index (χ0v) is 13.7. The highest BCUT2D eigenvalue weighted by Crippen LogP contribution is 2.43. The molecule has 2 nitrogen and oxygen atoms in total. The maximum absolute atomic E-state index is 6.07. The zero-order chi connectivity index (χ0) is 12.8. The van der Waals surface area contributed by atoms with Crippen molar-refractivity contribution in [2.75, 3.05) is 19.4 Å². The Bertz CT molecular complexity index is 231. The largest absolute Gasteiger partial charge is 0.385 e. The maximum atomic E-state index is 6.07. The van der Waals surface area contributed by atoms with Gasteiger partial charge in [0.15, 0.2) is 0 Å². The lowest BCUT2D eigenvalue weighted by atomic mass is 9.79. The standard InChI is InChI=1S/C15H30O2Si/c1-13(2)10-15(7-3-4-8-15)11-16-12-18-14-6-5-9-17-14/h13-14H,3-12,18H2,1-2H3. The van der Waals surface area contributed by atoms with Gasteiger partial charge in [-0.1, -0.05) is 26.7 Å². The second-order valence-corrected chi connectivity index (χ2v) is 8.68. The Labute approximate surface area is 115 Å². The summed E-state index contributed by atoms with van der Waals surface area (Å²) in [7, 11) is -0.148. The Balaban J connectivity index is 1.65. The molecule has 106 valence electrons. The summed E-state index contributed by atoms with van der Waals surface area (Å²) >= 11 is 0. The molecule has 3 heteroatoms. The molecule has 1 saturated carbocycles. The molecule has 1 aliphatic heterocycles. The van der Waals surface area contributed by atoms with Crippen molar-refractivity contribution in [3.05, 3.63) is 0 Å². The minimum Gasteiger partial charge on any atom is -0.385 e. The highest BCUT2D eigenvalue weighted by Gasteiger charge is 2.34. The molecule has 0 N–H and O–H groups in total. The lowest BCUT2D eigenvalue weighted by molar-refractivity contribution is 0.0534. The third kappa shape index (κ3) is 4.36. The van der Waals surface area contributed by atoms with Crippen LogP contribution in [0.3, 0.4) is 0 Å². The van der Waals surface area contributed by atoms with E-state index in [1.807, 2.05) is 0 Å². The van der Waals surface area contributed by atoms with E-state index < -0.39 is 0 Å². The fourth-order valence-electron chi connectivity index (χ4n) is 3.77. The van der Waals surface area contributed by atoms with Gasteiger partial charge in [-0.3, -0.25) is 0 Å². The van der Waals surface area contributed by atoms with Crippen LogP contribution < -0.4 is 0 Å². The Hall–Kier alpha value is 0.137. The van der Waals surface area contributed by atoms with Crippen molar-refractivity contribution in [1.29, 1.82) is 0 Å². The van der Waals surface area contributed by atoms with Gasteiger partial charge in [0.2, 0.25) is 0 Å². The summed E-state index contributed by atoms with van der Waals surface area (Å²) in [4.78, 5) is 0. The Kier molecular flexibility index (Phi) is 5.71. The van der Waals surface area contributed by atoms with Crippen LogP contribution in [0.1, 0.15) is 58.8 Å². The molecule has 1 saturated heterocycles. The first-order valence-corrected chi connectivity index (χ1v) is 9.71. The molecule has 2 fully saturated rings. The molecule has 18 heavy (non-hydrogen) atoms. The van der Waals surface area contributed by atoms with Crippen LogP contribution in [0.2, 0.25) is 0 Å². The van der Waals surface area contributed by atoms with Gasteiger partial charge in [-0.05, 0) is 43.4 Å². The first kappa shape index (κ1) is 14.5. The summed E-state index contributed by atoms with van der Waals surface area (Å²) in [6, 6.07) is 0. The van der Waals surface area contributed by atoms with Crippen molar-refractivity contribution in [3.63, 3.8) is 0 Å². The van der Waals surface area contributed by atoms with Gasteiger partial charge >= 0.3 is 0 Å². The van der Waals surface area contributed by atoms with E-state index in [9.17, 15) is 0 Å². The monoisotopic (exact) mass is 270 g/mol. The van der Waals surface area contributed by atoms with Crippen molar-refractivity contribution in [3.8, 4) is 0 Å². The molecule has 1 heterocycles. The molecule has 2 rings (SSSR count). The van der Waals surface area contributed by atoms with Crippen molar-refractivity contribution in [2.45, 2.75) is 64.5 Å². The summed E-state index contributed by atoms with van der Waals surface area (Å²) in [6.07, 6.45) is 10.6. The van der Waals surface area contributed by atoms with Crippen LogP contribution in [0.4, 0.5) is 0 Å². The quantitative estimate of drug-likeness (QED) is 0.523. The van der Waals surface area contributed by atoms with E-state index in [0.29, 0.717) is 11.1 Å². The third-order valence-electron chi connectivity index (χ3n) is 4.52. The van der Waals surface area contributed by atoms with Crippen LogP contribution in [-0.2, 0) is 9.47 Å². The number of hydrogen-bond donors (Lipinski definition) is 0. The molecular formula is C15H30O2Si. The van der Waals surface area contributed by atoms with Crippen LogP contribution in [0.5, 0.6) is 0 Å². The number of ether oxygens (including phenoxy) is 2. The zero-order valence-electron chi connectivity index (χ0n) is 12.2. The van der Waals surface area contributed by atoms with Crippen LogP contribution in [0.25, 0.3) is 0 Å². The Morgan fingerprint density at radius 2 is 2.06 bits per heavy atom. The summed E-state index contributed by atoms with van der Waals surface area (Å²) in [5.74, 6) is 0.808. The van der Waals surface area contributed by atoms with Crippen LogP contribution in [0.15, 0.2) is 0 Å². The highest BCUT2D eigenvalue weighted by atomic mass is 28.2. The molecular weight excluding hydrogens is 240 g/mol. The van der Waals surface area contributed by atoms with Crippen molar-refractivity contribution < 1.29 is 9.47 Å². The van der Waals surface area contributed by atoms with Gasteiger partial charge in [-0.2, -0.15) is 0 Å². The van der Waals surface area contributed by atoms with E-state index in [-0.39, 0.29) is 9.52 Å². The van der Waals surface area contributed by atoms with Gasteiger partial charge in [-0.25, -0.2) is 0 Å². The smallest absolute Gasteiger partial charge is 0.0861 e. The first-order chi connectivity index (χ1) is 8.70. The van der Waals surface area contributed by atoms with Gasteiger partial charge < -0.3 is 9.47 Å². The molecule has 1 unspecified atom stereocenters. The highest BCUT2D eigenvalue weighted by molar-refractivity contribution is 6.37. The van der Waals surface area contributed by atoms with E-state index in [2.05, 4.69) is 13.8 Å². The van der Waals surface area contributed by atoms with Gasteiger partial charge in [0.25, 0.3) is 0 Å². The molecule has 2 aliphatic rings. The fraction of sp³-hybridized carbons (Fsp3) is 1.00. The molecule has 0 spiro atoms. The molecule has 0 aromatic rings. The van der Waals surface area contributed by atoms with Crippen LogP contribution in [0, 0.1) is 11.3 Å². The fourth-order valence-corrected chi connectivity index (χ4v) is 5.26. The molecule has 0 radical (unpaired) electrons. The SMILES string of the molecule is CC(C)CC1(COC[SiH2]C2CCCO2)CCCC1. The Morgan fingerprint density at radius 3 is 2.67 bits per heavy atom. The average Bonchev–Trinajstić information content (AvgIpc) is 2.95. The van der Waals surface area contributed by atoms with Crippen LogP contribution in [-0.4, -0.2) is 34.7 Å². The van der Waals surface area contributed by atoms with Crippen LogP contribution >= 0.6 is 0 Å². The van der Waals surface area contributed by atoms with Crippen molar-refractivity contribution >= 4 is 9.52 Å². The predicted octanol–water partition coefficient (Wildman–Crippen LogP) is 2.87. The summed E-state index contributed by atoms with van der Waals surface area (Å²) in [6.45, 7) is 6.71. The molecule has 0 aromatic carbocycles. The second-order valence-electron chi connectivity index (χ2n) is 6.78. The van der Waals surface area contributed by atoms with Gasteiger partial charge in [0.05, 0.1) is 16.1 Å². The predicted molar refractivity (Wildman–Crippen MR) is 78.7 cm³/mol. The number of hydrogen-bond acceptors (Lipinski definition) is 2. The molecule has 1 atom stereocenters. The second kappa shape index (κ2) is 7.06. The Morgan fingerprint density at radius 1 is 1.28 bits per heavy atom. The normalized spacial score (nSPS) is 27.8. The van der Waals surface area contributed by atoms with E-state index in [1.54, 1.807) is 0 Å². The average molecular weight is 270 g/mol. The van der Waals surface area contributed by atoms with E-state index in [1.165, 1.54) is 44.9 Å². The van der Waals surface area contributed by atoms with Crippen molar-refractivity contribution in [2.24, 2.45) is 11.3 Å². The van der Waals surface area contributed by atoms with E-state index >= 15 is 0 Å². The molecule has 0 amide bonds. The minimum atomic E-state index is -0.148. The minimum absolute atomic E-state index is 0.148. The maximum Gasteiger partial charge on any atom is 0.0861 e. The summed E-state index contributed by atoms with van der Waals surface area (Å²) < 4.78 is 11.8. The topological polar surface area (TPSA) is 18.5 Å². The van der Waals surface area contributed by atoms with Crippen molar-refractivity contribution in [1.82, 2.24) is 0 Å². The first-order valence-electron chi connectivity index (χ1n) is 7.90. The van der Waals surface area contributed by atoms with Gasteiger partial charge in [0, 0.05) is 18.6 Å². The van der Waals surface area contributed by atoms with E-state index in [4.69, 9.17) is 9.47 Å². The molecule has 0 bridgehead atoms. The summed E-state index contributed by atoms with van der Waals surface area (Å²) in [5, 5.41) is 0. The third-order valence-corrected chi connectivity index (χ3v) is 6.33. The molecule has 0 aromatic heterocycles. The number of rotatable bonds is 7. The van der Waals surface area contributed by atoms with E-state index in [0.717, 1.165) is 25.4 Å². The van der Waals surface area contributed by atoms with Gasteiger partial charge in [0.1, 0.15) is 0 Å². The molecule has 1 aliphatic carbocycles. The van der Waals surface area contributed by atoms with Gasteiger partial charge in [-0.15, -0.1) is 0 Å².